The minimum atomic E-state index is -3.79. The molecule has 1 heterocycles. The van der Waals surface area contributed by atoms with Crippen LogP contribution in [0, 0.1) is 12.7 Å². The van der Waals surface area contributed by atoms with Crippen LogP contribution in [0.2, 0.25) is 0 Å². The minimum Gasteiger partial charge on any atom is -0.354 e. The number of nitrogens with zero attached hydrogens (tertiary/aromatic N) is 1. The van der Waals surface area contributed by atoms with E-state index in [4.69, 9.17) is 5.73 Å². The van der Waals surface area contributed by atoms with Crippen LogP contribution >= 0.6 is 0 Å². The first-order valence-corrected chi connectivity index (χ1v) is 9.55. The molecule has 1 aromatic rings. The van der Waals surface area contributed by atoms with Crippen molar-refractivity contribution >= 4 is 15.9 Å². The van der Waals surface area contributed by atoms with Crippen LogP contribution in [0.1, 0.15) is 31.2 Å². The van der Waals surface area contributed by atoms with Gasteiger partial charge in [-0.1, -0.05) is 12.5 Å². The average Bonchev–Trinajstić information content (AvgIpc) is 2.56. The molecule has 0 bridgehead atoms. The summed E-state index contributed by atoms with van der Waals surface area (Å²) >= 11 is 0. The molecule has 0 aromatic heterocycles. The molecule has 24 heavy (non-hydrogen) atoms. The molecule has 1 aliphatic rings. The molecule has 1 amide bonds. The Morgan fingerprint density at radius 2 is 2.17 bits per heavy atom. The molecule has 1 fully saturated rings. The van der Waals surface area contributed by atoms with Gasteiger partial charge >= 0.3 is 0 Å². The first kappa shape index (κ1) is 18.8. The van der Waals surface area contributed by atoms with E-state index in [2.05, 4.69) is 5.32 Å². The quantitative estimate of drug-likeness (QED) is 0.799. The predicted octanol–water partition coefficient (Wildman–Crippen LogP) is 1.14. The third-order valence-corrected chi connectivity index (χ3v) is 6.18. The lowest BCUT2D eigenvalue weighted by molar-refractivity contribution is -0.121. The molecule has 1 atom stereocenters. The van der Waals surface area contributed by atoms with Crippen LogP contribution in [-0.2, 0) is 14.8 Å². The number of benzene rings is 1. The van der Waals surface area contributed by atoms with Crippen LogP contribution in [0.25, 0.3) is 0 Å². The second kappa shape index (κ2) is 8.04. The predicted molar refractivity (Wildman–Crippen MR) is 89.3 cm³/mol. The van der Waals surface area contributed by atoms with Crippen LogP contribution in [-0.4, -0.2) is 44.3 Å². The second-order valence-electron chi connectivity index (χ2n) is 6.02. The van der Waals surface area contributed by atoms with Gasteiger partial charge in [-0.05, 0) is 37.5 Å². The number of hydrogen-bond donors (Lipinski definition) is 2. The average molecular weight is 357 g/mol. The highest BCUT2D eigenvalue weighted by atomic mass is 32.2. The number of halogens is 1. The first-order chi connectivity index (χ1) is 11.4. The number of amides is 1. The molecule has 1 aliphatic heterocycles. The van der Waals surface area contributed by atoms with E-state index < -0.39 is 15.8 Å². The Hall–Kier alpha value is -1.51. The fraction of sp³-hybridized carbons (Fsp3) is 0.562. The van der Waals surface area contributed by atoms with Crippen molar-refractivity contribution in [3.63, 3.8) is 0 Å². The molecular formula is C16H24FN3O3S. The maximum atomic E-state index is 13.8. The number of carbonyl (C=O) groups is 1. The Morgan fingerprint density at radius 1 is 1.42 bits per heavy atom. The second-order valence-corrected chi connectivity index (χ2v) is 7.91. The summed E-state index contributed by atoms with van der Waals surface area (Å²) in [5, 5.41) is 2.73. The van der Waals surface area contributed by atoms with Crippen molar-refractivity contribution in [2.45, 2.75) is 43.5 Å². The summed E-state index contributed by atoms with van der Waals surface area (Å²) in [6.07, 6.45) is 2.52. The van der Waals surface area contributed by atoms with Gasteiger partial charge in [0.2, 0.25) is 15.9 Å². The van der Waals surface area contributed by atoms with E-state index in [-0.39, 0.29) is 36.4 Å². The van der Waals surface area contributed by atoms with Gasteiger partial charge in [0.05, 0.1) is 4.90 Å². The Morgan fingerprint density at radius 3 is 2.83 bits per heavy atom. The fourth-order valence-electron chi connectivity index (χ4n) is 2.82. The maximum absolute atomic E-state index is 13.8. The van der Waals surface area contributed by atoms with Crippen molar-refractivity contribution in [2.75, 3.05) is 19.6 Å². The van der Waals surface area contributed by atoms with Crippen LogP contribution in [0.15, 0.2) is 23.1 Å². The standard InChI is InChI=1S/C16H24FN3O3S/c1-12-5-6-14(10-15(12)17)24(22,23)20-9-3-2-4-13(20)11-19-16(21)7-8-18/h5-6,10,13H,2-4,7-9,11,18H2,1H3,(H,19,21). The van der Waals surface area contributed by atoms with Gasteiger partial charge in [0, 0.05) is 32.1 Å². The van der Waals surface area contributed by atoms with Gasteiger partial charge in [0.1, 0.15) is 5.82 Å². The number of rotatable bonds is 6. The third-order valence-electron chi connectivity index (χ3n) is 4.23. The van der Waals surface area contributed by atoms with Crippen LogP contribution in [0.5, 0.6) is 0 Å². The highest BCUT2D eigenvalue weighted by Gasteiger charge is 2.33. The summed E-state index contributed by atoms with van der Waals surface area (Å²) in [6.45, 7) is 2.45. The summed E-state index contributed by atoms with van der Waals surface area (Å²) in [6, 6.07) is 3.62. The highest BCUT2D eigenvalue weighted by molar-refractivity contribution is 7.89. The summed E-state index contributed by atoms with van der Waals surface area (Å²) < 4.78 is 40.9. The maximum Gasteiger partial charge on any atom is 0.243 e. The molecule has 1 unspecified atom stereocenters. The molecular weight excluding hydrogens is 333 g/mol. The summed E-state index contributed by atoms with van der Waals surface area (Å²) in [4.78, 5) is 11.5. The zero-order chi connectivity index (χ0) is 17.7. The van der Waals surface area contributed by atoms with Gasteiger partial charge in [-0.25, -0.2) is 12.8 Å². The van der Waals surface area contributed by atoms with Gasteiger partial charge in [-0.3, -0.25) is 4.79 Å². The molecule has 3 N–H and O–H groups in total. The van der Waals surface area contributed by atoms with E-state index in [0.717, 1.165) is 18.9 Å². The molecule has 2 rings (SSSR count). The minimum absolute atomic E-state index is 0.0502. The lowest BCUT2D eigenvalue weighted by Crippen LogP contribution is -2.49. The summed E-state index contributed by atoms with van der Waals surface area (Å²) in [7, 11) is -3.79. The number of aryl methyl sites for hydroxylation is 1. The summed E-state index contributed by atoms with van der Waals surface area (Å²) in [5.74, 6) is -0.734. The zero-order valence-electron chi connectivity index (χ0n) is 13.8. The number of nitrogens with one attached hydrogen (secondary N) is 1. The molecule has 0 spiro atoms. The van der Waals surface area contributed by atoms with Crippen molar-refractivity contribution in [1.29, 1.82) is 0 Å². The first-order valence-electron chi connectivity index (χ1n) is 8.11. The van der Waals surface area contributed by atoms with Crippen molar-refractivity contribution in [3.8, 4) is 0 Å². The van der Waals surface area contributed by atoms with E-state index in [0.29, 0.717) is 18.5 Å². The van der Waals surface area contributed by atoms with Crippen LogP contribution in [0.4, 0.5) is 4.39 Å². The van der Waals surface area contributed by atoms with Gasteiger partial charge in [0.25, 0.3) is 0 Å². The molecule has 1 aromatic carbocycles. The van der Waals surface area contributed by atoms with Gasteiger partial charge in [-0.2, -0.15) is 4.31 Å². The Balaban J connectivity index is 2.18. The molecule has 0 radical (unpaired) electrons. The molecule has 1 saturated heterocycles. The highest BCUT2D eigenvalue weighted by Crippen LogP contribution is 2.26. The molecule has 0 saturated carbocycles. The number of carbonyl (C=O) groups excluding carboxylic acids is 1. The van der Waals surface area contributed by atoms with Crippen LogP contribution in [0.3, 0.4) is 0 Å². The fourth-order valence-corrected chi connectivity index (χ4v) is 4.52. The molecule has 8 heteroatoms. The summed E-state index contributed by atoms with van der Waals surface area (Å²) in [5.41, 5.74) is 5.74. The Kier molecular flexibility index (Phi) is 6.31. The van der Waals surface area contributed by atoms with E-state index in [1.807, 2.05) is 0 Å². The number of hydrogen-bond acceptors (Lipinski definition) is 4. The van der Waals surface area contributed by atoms with E-state index >= 15 is 0 Å². The van der Waals surface area contributed by atoms with Gasteiger partial charge < -0.3 is 11.1 Å². The van der Waals surface area contributed by atoms with Gasteiger partial charge in [0.15, 0.2) is 0 Å². The number of nitrogens with two attached hydrogens (primary N) is 1. The van der Waals surface area contributed by atoms with Crippen LogP contribution < -0.4 is 11.1 Å². The smallest absolute Gasteiger partial charge is 0.243 e. The van der Waals surface area contributed by atoms with Crippen molar-refractivity contribution in [3.05, 3.63) is 29.6 Å². The van der Waals surface area contributed by atoms with Gasteiger partial charge in [-0.15, -0.1) is 0 Å². The molecule has 6 nitrogen and oxygen atoms in total. The number of piperidine rings is 1. The molecule has 0 aliphatic carbocycles. The van der Waals surface area contributed by atoms with Crippen molar-refractivity contribution in [1.82, 2.24) is 9.62 Å². The third kappa shape index (κ3) is 4.31. The monoisotopic (exact) mass is 357 g/mol. The molecule has 134 valence electrons. The van der Waals surface area contributed by atoms with Crippen molar-refractivity contribution < 1.29 is 17.6 Å². The van der Waals surface area contributed by atoms with E-state index in [9.17, 15) is 17.6 Å². The lowest BCUT2D eigenvalue weighted by atomic mass is 10.1. The zero-order valence-corrected chi connectivity index (χ0v) is 14.6. The van der Waals surface area contributed by atoms with E-state index in [1.54, 1.807) is 6.92 Å². The Bertz CT molecular complexity index is 694. The normalized spacial score (nSPS) is 19.2. The SMILES string of the molecule is Cc1ccc(S(=O)(=O)N2CCCCC2CNC(=O)CCN)cc1F. The van der Waals surface area contributed by atoms with E-state index in [1.165, 1.54) is 16.4 Å². The van der Waals surface area contributed by atoms with Crippen molar-refractivity contribution in [2.24, 2.45) is 5.73 Å². The Labute approximate surface area is 142 Å². The largest absolute Gasteiger partial charge is 0.354 e. The topological polar surface area (TPSA) is 92.5 Å². The number of sulfonamides is 1. The lowest BCUT2D eigenvalue weighted by Gasteiger charge is -2.34.